The zero-order chi connectivity index (χ0) is 21.3. The summed E-state index contributed by atoms with van der Waals surface area (Å²) in [5.74, 6) is 0. The van der Waals surface area contributed by atoms with Gasteiger partial charge in [-0.05, 0) is 47.9 Å². The fraction of sp³-hybridized carbons (Fsp3) is 0.174. The molecule has 0 fully saturated rings. The number of hydrogen-bond acceptors (Lipinski definition) is 4. The van der Waals surface area contributed by atoms with E-state index in [0.717, 1.165) is 28.9 Å². The summed E-state index contributed by atoms with van der Waals surface area (Å²) in [6.45, 7) is 2.13. The molecule has 0 amide bonds. The molecule has 2 N–H and O–H groups in total. The van der Waals surface area contributed by atoms with Crippen molar-refractivity contribution in [1.82, 2.24) is 0 Å². The fourth-order valence-corrected chi connectivity index (χ4v) is 4.39. The predicted octanol–water partition coefficient (Wildman–Crippen LogP) is 4.91. The van der Waals surface area contributed by atoms with Gasteiger partial charge >= 0.3 is 0 Å². The molecule has 0 radical (unpaired) electrons. The van der Waals surface area contributed by atoms with E-state index >= 15 is 0 Å². The second kappa shape index (κ2) is 8.22. The van der Waals surface area contributed by atoms with Crippen LogP contribution in [0.25, 0.3) is 0 Å². The molecular formula is C23H22ClN3O2S. The number of benzene rings is 3. The summed E-state index contributed by atoms with van der Waals surface area (Å²) in [5, 5.41) is 12.7. The van der Waals surface area contributed by atoms with Crippen molar-refractivity contribution in [2.24, 2.45) is 10.2 Å². The van der Waals surface area contributed by atoms with Crippen LogP contribution >= 0.6 is 11.6 Å². The molecule has 0 aromatic heterocycles. The molecule has 4 rings (SSSR count). The van der Waals surface area contributed by atoms with Crippen LogP contribution in [0, 0.1) is 0 Å². The number of hydrazone groups is 1. The smallest absolute Gasteiger partial charge is 0.238 e. The normalized spacial score (nSPS) is 16.6. The van der Waals surface area contributed by atoms with Crippen LogP contribution in [0.5, 0.6) is 0 Å². The van der Waals surface area contributed by atoms with E-state index in [1.165, 1.54) is 17.7 Å². The zero-order valence-electron chi connectivity index (χ0n) is 16.5. The topological polar surface area (TPSA) is 75.8 Å². The zero-order valence-corrected chi connectivity index (χ0v) is 18.1. The second-order valence-electron chi connectivity index (χ2n) is 7.23. The van der Waals surface area contributed by atoms with Crippen LogP contribution in [0.4, 0.5) is 5.69 Å². The summed E-state index contributed by atoms with van der Waals surface area (Å²) in [4.78, 5) is 0.0737. The Kier molecular flexibility index (Phi) is 5.64. The highest BCUT2D eigenvalue weighted by molar-refractivity contribution is 7.89. The molecular weight excluding hydrogens is 418 g/mol. The fourth-order valence-electron chi connectivity index (χ4n) is 3.63. The van der Waals surface area contributed by atoms with Crippen molar-refractivity contribution in [1.29, 1.82) is 0 Å². The lowest BCUT2D eigenvalue weighted by atomic mass is 9.97. The maximum absolute atomic E-state index is 11.6. The summed E-state index contributed by atoms with van der Waals surface area (Å²) in [5.41, 5.74) is 4.98. The van der Waals surface area contributed by atoms with E-state index in [1.54, 1.807) is 12.1 Å². The Hall–Kier alpha value is -2.67. The highest BCUT2D eigenvalue weighted by Crippen LogP contribution is 2.38. The molecule has 0 saturated carbocycles. The van der Waals surface area contributed by atoms with Gasteiger partial charge in [0.15, 0.2) is 0 Å². The minimum absolute atomic E-state index is 0.0255. The number of sulfonamides is 1. The van der Waals surface area contributed by atoms with Gasteiger partial charge in [-0.25, -0.2) is 13.6 Å². The Morgan fingerprint density at radius 1 is 1.03 bits per heavy atom. The van der Waals surface area contributed by atoms with E-state index in [4.69, 9.17) is 21.8 Å². The molecule has 30 heavy (non-hydrogen) atoms. The quantitative estimate of drug-likeness (QED) is 0.613. The van der Waals surface area contributed by atoms with Gasteiger partial charge in [-0.3, -0.25) is 5.01 Å². The largest absolute Gasteiger partial charge is 0.257 e. The lowest BCUT2D eigenvalue weighted by Crippen LogP contribution is -2.19. The first kappa shape index (κ1) is 20.6. The van der Waals surface area contributed by atoms with E-state index in [1.807, 2.05) is 29.3 Å². The van der Waals surface area contributed by atoms with Crippen molar-refractivity contribution in [2.75, 3.05) is 5.01 Å². The van der Waals surface area contributed by atoms with Crippen molar-refractivity contribution >= 4 is 33.0 Å². The minimum atomic E-state index is -3.75. The Labute approximate surface area is 181 Å². The van der Waals surface area contributed by atoms with Crippen LogP contribution in [0.2, 0.25) is 5.02 Å². The van der Waals surface area contributed by atoms with Crippen LogP contribution < -0.4 is 10.1 Å². The van der Waals surface area contributed by atoms with Gasteiger partial charge in [-0.15, -0.1) is 0 Å². The Bertz CT molecular complexity index is 1190. The standard InChI is InChI=1S/C23H22ClN3O2S/c1-2-16-7-9-17(10-8-16)23-15-22(20-5-3-4-6-21(20)24)26-27(23)18-11-13-19(14-12-18)30(25,28)29/h3-14,23H,2,15H2,1H3,(H2,25,28,29). The number of hydrogen-bond donors (Lipinski definition) is 1. The number of aryl methyl sites for hydroxylation is 1. The molecule has 1 heterocycles. The van der Waals surface area contributed by atoms with Gasteiger partial charge in [0.2, 0.25) is 10.0 Å². The number of nitrogens with zero attached hydrogens (tertiary/aromatic N) is 2. The maximum Gasteiger partial charge on any atom is 0.238 e. The van der Waals surface area contributed by atoms with Gasteiger partial charge in [-0.1, -0.05) is 61.0 Å². The van der Waals surface area contributed by atoms with Crippen molar-refractivity contribution < 1.29 is 8.42 Å². The first-order chi connectivity index (χ1) is 14.4. The van der Waals surface area contributed by atoms with Crippen molar-refractivity contribution in [2.45, 2.75) is 30.7 Å². The molecule has 0 saturated heterocycles. The lowest BCUT2D eigenvalue weighted by molar-refractivity contribution is 0.597. The van der Waals surface area contributed by atoms with Crippen molar-refractivity contribution in [3.8, 4) is 0 Å². The van der Waals surface area contributed by atoms with Crippen LogP contribution in [0.3, 0.4) is 0 Å². The maximum atomic E-state index is 11.6. The number of halogens is 1. The van der Waals surface area contributed by atoms with Crippen LogP contribution in [-0.2, 0) is 16.4 Å². The van der Waals surface area contributed by atoms with Gasteiger partial charge < -0.3 is 0 Å². The van der Waals surface area contributed by atoms with E-state index < -0.39 is 10.0 Å². The molecule has 3 aromatic carbocycles. The second-order valence-corrected chi connectivity index (χ2v) is 9.19. The van der Waals surface area contributed by atoms with E-state index in [9.17, 15) is 8.42 Å². The molecule has 3 aromatic rings. The monoisotopic (exact) mass is 439 g/mol. The Balaban J connectivity index is 1.76. The van der Waals surface area contributed by atoms with Gasteiger partial charge in [0.1, 0.15) is 0 Å². The first-order valence-electron chi connectivity index (χ1n) is 9.70. The Morgan fingerprint density at radius 2 is 1.70 bits per heavy atom. The van der Waals surface area contributed by atoms with E-state index in [2.05, 4.69) is 31.2 Å². The SMILES string of the molecule is CCc1ccc(C2CC(c3ccccc3Cl)=NN2c2ccc(S(N)(=O)=O)cc2)cc1. The minimum Gasteiger partial charge on any atom is -0.257 e. The highest BCUT2D eigenvalue weighted by Gasteiger charge is 2.30. The predicted molar refractivity (Wildman–Crippen MR) is 121 cm³/mol. The average molecular weight is 440 g/mol. The molecule has 0 spiro atoms. The molecule has 0 aliphatic carbocycles. The molecule has 0 bridgehead atoms. The third-order valence-electron chi connectivity index (χ3n) is 5.30. The molecule has 1 aliphatic rings. The van der Waals surface area contributed by atoms with Gasteiger partial charge in [-0.2, -0.15) is 5.10 Å². The summed E-state index contributed by atoms with van der Waals surface area (Å²) in [7, 11) is -3.75. The average Bonchev–Trinajstić information content (AvgIpc) is 3.19. The number of primary sulfonamides is 1. The summed E-state index contributed by atoms with van der Waals surface area (Å²) < 4.78 is 23.2. The van der Waals surface area contributed by atoms with Gasteiger partial charge in [0, 0.05) is 17.0 Å². The van der Waals surface area contributed by atoms with Crippen LogP contribution in [0.1, 0.15) is 36.1 Å². The van der Waals surface area contributed by atoms with Gasteiger partial charge in [0.25, 0.3) is 0 Å². The van der Waals surface area contributed by atoms with E-state index in [-0.39, 0.29) is 10.9 Å². The lowest BCUT2D eigenvalue weighted by Gasteiger charge is -2.24. The summed E-state index contributed by atoms with van der Waals surface area (Å²) in [6, 6.07) is 22.6. The number of rotatable bonds is 5. The summed E-state index contributed by atoms with van der Waals surface area (Å²) >= 11 is 6.42. The number of anilines is 1. The molecule has 1 unspecified atom stereocenters. The molecule has 5 nitrogen and oxygen atoms in total. The van der Waals surface area contributed by atoms with Crippen molar-refractivity contribution in [3.63, 3.8) is 0 Å². The third kappa shape index (κ3) is 4.12. The van der Waals surface area contributed by atoms with Crippen molar-refractivity contribution in [3.05, 3.63) is 94.5 Å². The van der Waals surface area contributed by atoms with Gasteiger partial charge in [0.05, 0.1) is 22.3 Å². The highest BCUT2D eigenvalue weighted by atomic mass is 35.5. The van der Waals surface area contributed by atoms with E-state index in [0.29, 0.717) is 11.4 Å². The van der Waals surface area contributed by atoms with Crippen LogP contribution in [0.15, 0.2) is 82.8 Å². The molecule has 154 valence electrons. The molecule has 1 aliphatic heterocycles. The van der Waals surface area contributed by atoms with Crippen LogP contribution in [-0.4, -0.2) is 14.1 Å². The molecule has 1 atom stereocenters. The summed E-state index contributed by atoms with van der Waals surface area (Å²) in [6.07, 6.45) is 1.66. The number of nitrogens with two attached hydrogens (primary N) is 1. The third-order valence-corrected chi connectivity index (χ3v) is 6.56. The Morgan fingerprint density at radius 3 is 2.30 bits per heavy atom. The first-order valence-corrected chi connectivity index (χ1v) is 11.6. The molecule has 7 heteroatoms.